The lowest BCUT2D eigenvalue weighted by atomic mass is 9.94. The highest BCUT2D eigenvalue weighted by Gasteiger charge is 2.18. The minimum absolute atomic E-state index is 0.211. The van der Waals surface area contributed by atoms with Crippen LogP contribution in [0.15, 0.2) is 47.5 Å². The van der Waals surface area contributed by atoms with Crippen LogP contribution in [-0.2, 0) is 0 Å². The summed E-state index contributed by atoms with van der Waals surface area (Å²) in [5, 5.41) is 4.06. The van der Waals surface area contributed by atoms with Crippen LogP contribution >= 0.6 is 0 Å². The average molecular weight is 267 g/mol. The largest absolute Gasteiger partial charge is 0.361 e. The molecule has 0 saturated carbocycles. The van der Waals surface area contributed by atoms with Gasteiger partial charge < -0.3 is 9.09 Å². The van der Waals surface area contributed by atoms with E-state index in [4.69, 9.17) is 4.52 Å². The van der Waals surface area contributed by atoms with Crippen molar-refractivity contribution in [2.45, 2.75) is 26.8 Å². The number of imidazole rings is 1. The van der Waals surface area contributed by atoms with E-state index in [1.54, 1.807) is 6.20 Å². The van der Waals surface area contributed by atoms with Gasteiger partial charge in [0.15, 0.2) is 0 Å². The zero-order valence-corrected chi connectivity index (χ0v) is 11.9. The molecule has 2 aromatic heterocycles. The molecule has 2 heterocycles. The predicted octanol–water partition coefficient (Wildman–Crippen LogP) is 3.76. The summed E-state index contributed by atoms with van der Waals surface area (Å²) in [5.74, 6) is 0.854. The normalized spacial score (nSPS) is 12.6. The molecule has 20 heavy (non-hydrogen) atoms. The van der Waals surface area contributed by atoms with Crippen LogP contribution in [0.4, 0.5) is 0 Å². The Morgan fingerprint density at radius 2 is 2.00 bits per heavy atom. The third-order valence-corrected chi connectivity index (χ3v) is 3.69. The van der Waals surface area contributed by atoms with E-state index in [2.05, 4.69) is 39.8 Å². The molecule has 1 atom stereocenters. The molecule has 0 aliphatic rings. The van der Waals surface area contributed by atoms with Crippen LogP contribution < -0.4 is 0 Å². The summed E-state index contributed by atoms with van der Waals surface area (Å²) < 4.78 is 7.40. The van der Waals surface area contributed by atoms with Crippen molar-refractivity contribution < 1.29 is 4.52 Å². The summed E-state index contributed by atoms with van der Waals surface area (Å²) in [7, 11) is 0. The summed E-state index contributed by atoms with van der Waals surface area (Å²) in [6.45, 7) is 6.09. The van der Waals surface area contributed by atoms with E-state index in [0.717, 1.165) is 17.0 Å². The quantitative estimate of drug-likeness (QED) is 0.725. The molecule has 4 heteroatoms. The molecule has 0 unspecified atom stereocenters. The second-order valence-electron chi connectivity index (χ2n) is 4.97. The summed E-state index contributed by atoms with van der Waals surface area (Å²) in [4.78, 5) is 4.13. The molecule has 0 radical (unpaired) electrons. The van der Waals surface area contributed by atoms with Gasteiger partial charge in [-0.2, -0.15) is 0 Å². The average Bonchev–Trinajstić information content (AvgIpc) is 3.09. The molecule has 0 saturated heterocycles. The molecule has 1 aromatic carbocycles. The molecule has 0 bridgehead atoms. The van der Waals surface area contributed by atoms with E-state index in [1.807, 2.05) is 32.4 Å². The molecule has 3 rings (SSSR count). The van der Waals surface area contributed by atoms with Crippen LogP contribution in [0, 0.1) is 13.8 Å². The lowest BCUT2D eigenvalue weighted by Gasteiger charge is -2.17. The molecular weight excluding hydrogens is 250 g/mol. The number of aryl methyl sites for hydroxylation is 2. The van der Waals surface area contributed by atoms with Crippen molar-refractivity contribution in [3.05, 3.63) is 60.0 Å². The Morgan fingerprint density at radius 1 is 1.20 bits per heavy atom. The Morgan fingerprint density at radius 3 is 2.65 bits per heavy atom. The maximum atomic E-state index is 5.31. The second-order valence-corrected chi connectivity index (χ2v) is 4.97. The first-order valence-electron chi connectivity index (χ1n) is 6.68. The first-order chi connectivity index (χ1) is 9.68. The number of benzene rings is 1. The van der Waals surface area contributed by atoms with Gasteiger partial charge in [0, 0.05) is 18.0 Å². The Kier molecular flexibility index (Phi) is 3.14. The Bertz CT molecular complexity index is 694. The lowest BCUT2D eigenvalue weighted by Crippen LogP contribution is -2.06. The monoisotopic (exact) mass is 267 g/mol. The van der Waals surface area contributed by atoms with Gasteiger partial charge >= 0.3 is 0 Å². The van der Waals surface area contributed by atoms with Gasteiger partial charge in [-0.25, -0.2) is 4.98 Å². The van der Waals surface area contributed by atoms with Crippen LogP contribution in [0.2, 0.25) is 0 Å². The fourth-order valence-corrected chi connectivity index (χ4v) is 2.62. The first-order valence-corrected chi connectivity index (χ1v) is 6.68. The standard InChI is InChI=1S/C16H17N3O/c1-11-16(13(3)20-18-11)15-7-5-4-6-14(15)12(2)19-9-8-17-10-19/h4-10,12H,1-3H3/t12-/m1/s1. The number of aromatic nitrogens is 3. The van der Waals surface area contributed by atoms with Crippen molar-refractivity contribution in [3.8, 4) is 11.1 Å². The highest BCUT2D eigenvalue weighted by molar-refractivity contribution is 5.71. The van der Waals surface area contributed by atoms with E-state index in [1.165, 1.54) is 11.1 Å². The van der Waals surface area contributed by atoms with Crippen molar-refractivity contribution in [1.29, 1.82) is 0 Å². The van der Waals surface area contributed by atoms with Crippen molar-refractivity contribution in [2.75, 3.05) is 0 Å². The van der Waals surface area contributed by atoms with E-state index in [-0.39, 0.29) is 6.04 Å². The smallest absolute Gasteiger partial charge is 0.141 e. The van der Waals surface area contributed by atoms with E-state index >= 15 is 0 Å². The zero-order chi connectivity index (χ0) is 14.1. The second kappa shape index (κ2) is 4.96. The van der Waals surface area contributed by atoms with Crippen molar-refractivity contribution in [2.24, 2.45) is 0 Å². The van der Waals surface area contributed by atoms with Crippen LogP contribution in [0.1, 0.15) is 30.0 Å². The van der Waals surface area contributed by atoms with E-state index in [0.29, 0.717) is 0 Å². The summed E-state index contributed by atoms with van der Waals surface area (Å²) in [5.41, 5.74) is 4.42. The molecule has 0 amide bonds. The molecular formula is C16H17N3O. The number of hydrogen-bond donors (Lipinski definition) is 0. The molecule has 0 aliphatic heterocycles. The molecule has 0 aliphatic carbocycles. The molecule has 3 aromatic rings. The van der Waals surface area contributed by atoms with Crippen molar-refractivity contribution >= 4 is 0 Å². The fraction of sp³-hybridized carbons (Fsp3) is 0.250. The van der Waals surface area contributed by atoms with Crippen molar-refractivity contribution in [3.63, 3.8) is 0 Å². The van der Waals surface area contributed by atoms with E-state index in [9.17, 15) is 0 Å². The number of rotatable bonds is 3. The van der Waals surface area contributed by atoms with E-state index < -0.39 is 0 Å². The van der Waals surface area contributed by atoms with Gasteiger partial charge in [-0.1, -0.05) is 29.4 Å². The van der Waals surface area contributed by atoms with Gasteiger partial charge in [0.05, 0.1) is 18.1 Å². The summed E-state index contributed by atoms with van der Waals surface area (Å²) >= 11 is 0. The molecule has 0 N–H and O–H groups in total. The Labute approximate surface area is 118 Å². The Hall–Kier alpha value is -2.36. The van der Waals surface area contributed by atoms with Gasteiger partial charge in [-0.3, -0.25) is 0 Å². The first kappa shape index (κ1) is 12.7. The Balaban J connectivity index is 2.14. The highest BCUT2D eigenvalue weighted by atomic mass is 16.5. The molecule has 0 fully saturated rings. The summed E-state index contributed by atoms with van der Waals surface area (Å²) in [6.07, 6.45) is 5.62. The van der Waals surface area contributed by atoms with Gasteiger partial charge in [0.25, 0.3) is 0 Å². The lowest BCUT2D eigenvalue weighted by molar-refractivity contribution is 0.393. The van der Waals surface area contributed by atoms with Gasteiger partial charge in [0.2, 0.25) is 0 Å². The molecule has 4 nitrogen and oxygen atoms in total. The minimum Gasteiger partial charge on any atom is -0.361 e. The van der Waals surface area contributed by atoms with Crippen LogP contribution in [0.5, 0.6) is 0 Å². The molecule has 102 valence electrons. The maximum Gasteiger partial charge on any atom is 0.141 e. The SMILES string of the molecule is Cc1noc(C)c1-c1ccccc1[C@@H](C)n1ccnc1. The predicted molar refractivity (Wildman–Crippen MR) is 77.5 cm³/mol. The van der Waals surface area contributed by atoms with Crippen LogP contribution in [0.25, 0.3) is 11.1 Å². The molecule has 0 spiro atoms. The summed E-state index contributed by atoms with van der Waals surface area (Å²) in [6, 6.07) is 8.58. The van der Waals surface area contributed by atoms with Gasteiger partial charge in [-0.15, -0.1) is 0 Å². The number of hydrogen-bond acceptors (Lipinski definition) is 3. The third kappa shape index (κ3) is 2.03. The fourth-order valence-electron chi connectivity index (χ4n) is 2.62. The maximum absolute atomic E-state index is 5.31. The van der Waals surface area contributed by atoms with Crippen LogP contribution in [-0.4, -0.2) is 14.7 Å². The minimum atomic E-state index is 0.211. The van der Waals surface area contributed by atoms with Gasteiger partial charge in [-0.05, 0) is 31.9 Å². The van der Waals surface area contributed by atoms with Gasteiger partial charge in [0.1, 0.15) is 5.76 Å². The topological polar surface area (TPSA) is 43.9 Å². The van der Waals surface area contributed by atoms with Crippen LogP contribution in [0.3, 0.4) is 0 Å². The van der Waals surface area contributed by atoms with Crippen molar-refractivity contribution in [1.82, 2.24) is 14.7 Å². The number of nitrogens with zero attached hydrogens (tertiary/aromatic N) is 3. The highest BCUT2D eigenvalue weighted by Crippen LogP contribution is 2.33. The third-order valence-electron chi connectivity index (χ3n) is 3.69. The zero-order valence-electron chi connectivity index (χ0n) is 11.9.